The molecule has 108 valence electrons. The fourth-order valence-corrected chi connectivity index (χ4v) is 3.16. The zero-order chi connectivity index (χ0) is 14.5. The normalized spacial score (nSPS) is 12.8. The standard InChI is InChI=1S/C15H19ClN2OS/c1-11-15(20-10-17-11)9-18(2)8-7-14(19)12-5-3-4-6-13(12)16/h3-6,10,14,19H,7-9H2,1-2H3. The fourth-order valence-electron chi connectivity index (χ4n) is 2.05. The lowest BCUT2D eigenvalue weighted by molar-refractivity contribution is 0.148. The predicted octanol–water partition coefficient (Wildman–Crippen LogP) is 3.66. The van der Waals surface area contributed by atoms with Crippen molar-refractivity contribution in [3.05, 3.63) is 50.9 Å². The number of hydrogen-bond donors (Lipinski definition) is 1. The lowest BCUT2D eigenvalue weighted by Gasteiger charge is -2.19. The van der Waals surface area contributed by atoms with Crippen molar-refractivity contribution in [3.63, 3.8) is 0 Å². The number of thiazole rings is 1. The first-order valence-corrected chi connectivity index (χ1v) is 7.83. The fraction of sp³-hybridized carbons (Fsp3) is 0.400. The van der Waals surface area contributed by atoms with Crippen molar-refractivity contribution in [1.29, 1.82) is 0 Å². The van der Waals surface area contributed by atoms with Crippen LogP contribution in [0.25, 0.3) is 0 Å². The molecular formula is C15H19ClN2OS. The SMILES string of the molecule is Cc1ncsc1CN(C)CCC(O)c1ccccc1Cl. The highest BCUT2D eigenvalue weighted by Crippen LogP contribution is 2.25. The molecule has 0 aliphatic carbocycles. The maximum atomic E-state index is 10.2. The first-order valence-electron chi connectivity index (χ1n) is 6.58. The first kappa shape index (κ1) is 15.4. The van der Waals surface area contributed by atoms with Crippen molar-refractivity contribution < 1.29 is 5.11 Å². The van der Waals surface area contributed by atoms with Gasteiger partial charge in [-0.1, -0.05) is 29.8 Å². The van der Waals surface area contributed by atoms with Gasteiger partial charge < -0.3 is 10.0 Å². The number of hydrogen-bond acceptors (Lipinski definition) is 4. The van der Waals surface area contributed by atoms with Crippen molar-refractivity contribution in [3.8, 4) is 0 Å². The summed E-state index contributed by atoms with van der Waals surface area (Å²) in [5.74, 6) is 0. The zero-order valence-electron chi connectivity index (χ0n) is 11.7. The van der Waals surface area contributed by atoms with Gasteiger partial charge in [-0.3, -0.25) is 0 Å². The summed E-state index contributed by atoms with van der Waals surface area (Å²) in [6.07, 6.45) is 0.145. The summed E-state index contributed by atoms with van der Waals surface area (Å²) in [6, 6.07) is 7.46. The molecule has 1 atom stereocenters. The quantitative estimate of drug-likeness (QED) is 0.884. The molecule has 0 aliphatic rings. The zero-order valence-corrected chi connectivity index (χ0v) is 13.3. The van der Waals surface area contributed by atoms with Gasteiger partial charge in [0, 0.05) is 23.0 Å². The van der Waals surface area contributed by atoms with E-state index in [2.05, 4.69) is 16.9 Å². The van der Waals surface area contributed by atoms with Gasteiger partial charge in [0.15, 0.2) is 0 Å². The van der Waals surface area contributed by atoms with E-state index >= 15 is 0 Å². The summed E-state index contributed by atoms with van der Waals surface area (Å²) in [5, 5.41) is 10.8. The molecule has 1 heterocycles. The second-order valence-electron chi connectivity index (χ2n) is 4.92. The van der Waals surface area contributed by atoms with Crippen LogP contribution in [0, 0.1) is 6.92 Å². The van der Waals surface area contributed by atoms with Crippen LogP contribution in [0.2, 0.25) is 5.02 Å². The Balaban J connectivity index is 1.86. The van der Waals surface area contributed by atoms with Crippen LogP contribution in [-0.2, 0) is 6.54 Å². The maximum Gasteiger partial charge on any atom is 0.0816 e. The van der Waals surface area contributed by atoms with E-state index in [0.29, 0.717) is 11.4 Å². The number of rotatable bonds is 6. The van der Waals surface area contributed by atoms with Crippen LogP contribution in [0.4, 0.5) is 0 Å². The highest BCUT2D eigenvalue weighted by atomic mass is 35.5. The molecule has 2 aromatic rings. The van der Waals surface area contributed by atoms with Crippen LogP contribution in [0.1, 0.15) is 28.7 Å². The van der Waals surface area contributed by atoms with Crippen LogP contribution in [0.15, 0.2) is 29.8 Å². The average Bonchev–Trinajstić information content (AvgIpc) is 2.82. The largest absolute Gasteiger partial charge is 0.388 e. The number of aliphatic hydroxyl groups excluding tert-OH is 1. The van der Waals surface area contributed by atoms with Gasteiger partial charge in [0.25, 0.3) is 0 Å². The molecule has 1 aromatic carbocycles. The molecule has 0 aliphatic heterocycles. The molecule has 0 saturated carbocycles. The molecule has 1 unspecified atom stereocenters. The highest BCUT2D eigenvalue weighted by molar-refractivity contribution is 7.09. The number of aromatic nitrogens is 1. The first-order chi connectivity index (χ1) is 9.58. The van der Waals surface area contributed by atoms with Gasteiger partial charge in [0.2, 0.25) is 0 Å². The van der Waals surface area contributed by atoms with E-state index in [4.69, 9.17) is 11.6 Å². The molecule has 0 spiro atoms. The van der Waals surface area contributed by atoms with Gasteiger partial charge in [-0.15, -0.1) is 11.3 Å². The highest BCUT2D eigenvalue weighted by Gasteiger charge is 2.13. The van der Waals surface area contributed by atoms with E-state index in [1.54, 1.807) is 11.3 Å². The lowest BCUT2D eigenvalue weighted by Crippen LogP contribution is -2.21. The number of halogens is 1. The summed E-state index contributed by atoms with van der Waals surface area (Å²) < 4.78 is 0. The molecule has 1 N–H and O–H groups in total. The summed E-state index contributed by atoms with van der Waals surface area (Å²) in [6.45, 7) is 3.70. The third kappa shape index (κ3) is 4.03. The van der Waals surface area contributed by atoms with Gasteiger partial charge >= 0.3 is 0 Å². The number of nitrogens with zero attached hydrogens (tertiary/aromatic N) is 2. The van der Waals surface area contributed by atoms with Crippen molar-refractivity contribution in [2.45, 2.75) is 26.0 Å². The summed E-state index contributed by atoms with van der Waals surface area (Å²) in [4.78, 5) is 7.72. The summed E-state index contributed by atoms with van der Waals surface area (Å²) >= 11 is 7.76. The number of aryl methyl sites for hydroxylation is 1. The third-order valence-corrected chi connectivity index (χ3v) is 4.57. The monoisotopic (exact) mass is 310 g/mol. The second kappa shape index (κ2) is 7.18. The van der Waals surface area contributed by atoms with Gasteiger partial charge in [-0.2, -0.15) is 0 Å². The van der Waals surface area contributed by atoms with E-state index in [0.717, 1.165) is 24.3 Å². The Kier molecular flexibility index (Phi) is 5.54. The van der Waals surface area contributed by atoms with Crippen LogP contribution in [-0.4, -0.2) is 28.6 Å². The van der Waals surface area contributed by atoms with Crippen LogP contribution >= 0.6 is 22.9 Å². The minimum Gasteiger partial charge on any atom is -0.388 e. The number of benzene rings is 1. The molecule has 0 radical (unpaired) electrons. The van der Waals surface area contributed by atoms with Crippen molar-refractivity contribution in [1.82, 2.24) is 9.88 Å². The molecule has 20 heavy (non-hydrogen) atoms. The Bertz CT molecular complexity index is 558. The van der Waals surface area contributed by atoms with Gasteiger partial charge in [-0.25, -0.2) is 4.98 Å². The average molecular weight is 311 g/mol. The van der Waals surface area contributed by atoms with Gasteiger partial charge in [0.05, 0.1) is 17.3 Å². The molecule has 5 heteroatoms. The molecule has 3 nitrogen and oxygen atoms in total. The van der Waals surface area contributed by atoms with Crippen LogP contribution < -0.4 is 0 Å². The maximum absolute atomic E-state index is 10.2. The molecule has 1 aromatic heterocycles. The number of aliphatic hydroxyl groups is 1. The summed E-state index contributed by atoms with van der Waals surface area (Å²) in [7, 11) is 2.05. The molecular weight excluding hydrogens is 292 g/mol. The van der Waals surface area contributed by atoms with E-state index in [1.165, 1.54) is 4.88 Å². The smallest absolute Gasteiger partial charge is 0.0816 e. The van der Waals surface area contributed by atoms with Crippen LogP contribution in [0.3, 0.4) is 0 Å². The Hall–Kier alpha value is -0.940. The van der Waals surface area contributed by atoms with Crippen molar-refractivity contribution in [2.24, 2.45) is 0 Å². The Morgan fingerprint density at radius 1 is 1.40 bits per heavy atom. The molecule has 0 fully saturated rings. The van der Waals surface area contributed by atoms with E-state index < -0.39 is 6.10 Å². The molecule has 0 amide bonds. The Labute approximate surface area is 128 Å². The second-order valence-corrected chi connectivity index (χ2v) is 6.27. The molecule has 0 bridgehead atoms. The lowest BCUT2D eigenvalue weighted by atomic mass is 10.1. The molecule has 2 rings (SSSR count). The molecule has 0 saturated heterocycles. The minimum absolute atomic E-state index is 0.520. The third-order valence-electron chi connectivity index (χ3n) is 3.31. The van der Waals surface area contributed by atoms with E-state index in [-0.39, 0.29) is 0 Å². The Morgan fingerprint density at radius 2 is 2.15 bits per heavy atom. The Morgan fingerprint density at radius 3 is 2.80 bits per heavy atom. The van der Waals surface area contributed by atoms with Gasteiger partial charge in [-0.05, 0) is 32.0 Å². The van der Waals surface area contributed by atoms with Gasteiger partial charge in [0.1, 0.15) is 0 Å². The van der Waals surface area contributed by atoms with E-state index in [1.807, 2.05) is 36.7 Å². The van der Waals surface area contributed by atoms with Crippen LogP contribution in [0.5, 0.6) is 0 Å². The predicted molar refractivity (Wildman–Crippen MR) is 84.2 cm³/mol. The van der Waals surface area contributed by atoms with Crippen molar-refractivity contribution >= 4 is 22.9 Å². The minimum atomic E-state index is -0.520. The van der Waals surface area contributed by atoms with E-state index in [9.17, 15) is 5.11 Å². The van der Waals surface area contributed by atoms with Crippen molar-refractivity contribution in [2.75, 3.05) is 13.6 Å². The summed E-state index contributed by atoms with van der Waals surface area (Å²) in [5.41, 5.74) is 3.77. The topological polar surface area (TPSA) is 36.4 Å².